The molecule has 0 amide bonds. The average molecular weight is 395 g/mol. The first-order valence-electron chi connectivity index (χ1n) is 5.71. The highest BCUT2D eigenvalue weighted by Gasteiger charge is 2.45. The van der Waals surface area contributed by atoms with Crippen LogP contribution in [-0.4, -0.2) is 4.98 Å². The van der Waals surface area contributed by atoms with Crippen molar-refractivity contribution in [3.05, 3.63) is 50.7 Å². The fraction of sp³-hybridized carbons (Fsp3) is 0.154. The predicted octanol–water partition coefficient (Wildman–Crippen LogP) is 6.75. The quantitative estimate of drug-likeness (QED) is 0.385. The Labute approximate surface area is 140 Å². The molecule has 0 spiro atoms. The minimum absolute atomic E-state index is 0.0959. The molecule has 0 atom stereocenters. The third-order valence-electron chi connectivity index (χ3n) is 2.85. The van der Waals surface area contributed by atoms with Crippen molar-refractivity contribution in [3.8, 4) is 11.1 Å². The Morgan fingerprint density at radius 2 is 1.35 bits per heavy atom. The summed E-state index contributed by atoms with van der Waals surface area (Å²) < 4.78 is 78.5. The van der Waals surface area contributed by atoms with Crippen LogP contribution in [0.1, 0.15) is 11.1 Å². The van der Waals surface area contributed by atoms with Gasteiger partial charge in [-0.3, -0.25) is 4.98 Å². The van der Waals surface area contributed by atoms with Crippen molar-refractivity contribution in [3.63, 3.8) is 0 Å². The summed E-state index contributed by atoms with van der Waals surface area (Å²) in [5, 5.41) is -0.839. The highest BCUT2D eigenvalue weighted by molar-refractivity contribution is 6.46. The Balaban J connectivity index is 2.93. The molecule has 0 bridgehead atoms. The summed E-state index contributed by atoms with van der Waals surface area (Å²) in [5.74, 6) is 0. The number of nitrogens with zero attached hydrogens (tertiary/aromatic N) is 1. The first kappa shape index (κ1) is 18.2. The summed E-state index contributed by atoms with van der Waals surface area (Å²) in [7, 11) is 0. The zero-order chi connectivity index (χ0) is 17.6. The molecule has 0 unspecified atom stereocenters. The van der Waals surface area contributed by atoms with Gasteiger partial charge in [0.05, 0.1) is 26.2 Å². The van der Waals surface area contributed by atoms with Crippen molar-refractivity contribution in [2.45, 2.75) is 12.4 Å². The monoisotopic (exact) mass is 393 g/mol. The van der Waals surface area contributed by atoms with E-state index in [4.69, 9.17) is 34.8 Å². The highest BCUT2D eigenvalue weighted by atomic mass is 35.5. The fourth-order valence-electron chi connectivity index (χ4n) is 1.94. The van der Waals surface area contributed by atoms with E-state index in [-0.39, 0.29) is 16.2 Å². The normalized spacial score (nSPS) is 12.6. The lowest BCUT2D eigenvalue weighted by Gasteiger charge is -2.20. The van der Waals surface area contributed by atoms with E-state index in [0.29, 0.717) is 6.20 Å². The largest absolute Gasteiger partial charge is 0.418 e. The summed E-state index contributed by atoms with van der Waals surface area (Å²) in [5.41, 5.74) is -5.22. The summed E-state index contributed by atoms with van der Waals surface area (Å²) in [6, 6.07) is 2.34. The van der Waals surface area contributed by atoms with Gasteiger partial charge in [-0.1, -0.05) is 34.8 Å². The maximum absolute atomic E-state index is 13.2. The molecule has 1 aromatic carbocycles. The molecule has 124 valence electrons. The molecule has 23 heavy (non-hydrogen) atoms. The van der Waals surface area contributed by atoms with Crippen LogP contribution < -0.4 is 0 Å². The first-order valence-corrected chi connectivity index (χ1v) is 6.84. The van der Waals surface area contributed by atoms with Crippen LogP contribution in [0.3, 0.4) is 0 Å². The van der Waals surface area contributed by atoms with Crippen molar-refractivity contribution in [1.29, 1.82) is 0 Å². The molecule has 1 heterocycles. The van der Waals surface area contributed by atoms with Gasteiger partial charge in [0.2, 0.25) is 0 Å². The van der Waals surface area contributed by atoms with Crippen LogP contribution in [0.5, 0.6) is 0 Å². The summed E-state index contributed by atoms with van der Waals surface area (Å²) in [4.78, 5) is 3.23. The van der Waals surface area contributed by atoms with Crippen LogP contribution in [0.15, 0.2) is 24.5 Å². The summed E-state index contributed by atoms with van der Waals surface area (Å²) >= 11 is 17.4. The van der Waals surface area contributed by atoms with Crippen molar-refractivity contribution < 1.29 is 26.3 Å². The lowest BCUT2D eigenvalue weighted by Crippen LogP contribution is -2.18. The lowest BCUT2D eigenvalue weighted by atomic mass is 9.97. The van der Waals surface area contributed by atoms with E-state index in [2.05, 4.69) is 4.98 Å². The molecule has 0 saturated heterocycles. The van der Waals surface area contributed by atoms with Crippen LogP contribution in [-0.2, 0) is 12.4 Å². The second-order valence-electron chi connectivity index (χ2n) is 4.32. The molecular formula is C13H4Cl3F6N. The van der Waals surface area contributed by atoms with Gasteiger partial charge >= 0.3 is 12.4 Å². The smallest absolute Gasteiger partial charge is 0.263 e. The van der Waals surface area contributed by atoms with Crippen LogP contribution in [0.25, 0.3) is 11.1 Å². The van der Waals surface area contributed by atoms with E-state index in [1.54, 1.807) is 0 Å². The van der Waals surface area contributed by atoms with E-state index in [0.717, 1.165) is 6.07 Å². The molecule has 0 fully saturated rings. The molecule has 0 aliphatic rings. The van der Waals surface area contributed by atoms with Gasteiger partial charge in [0.15, 0.2) is 0 Å². The van der Waals surface area contributed by atoms with E-state index >= 15 is 0 Å². The van der Waals surface area contributed by atoms with Gasteiger partial charge in [-0.15, -0.1) is 0 Å². The second kappa shape index (κ2) is 6.03. The molecule has 0 aliphatic heterocycles. The number of hydrogen-bond acceptors (Lipinski definition) is 1. The predicted molar refractivity (Wildman–Crippen MR) is 74.7 cm³/mol. The van der Waals surface area contributed by atoms with Gasteiger partial charge in [-0.2, -0.15) is 26.3 Å². The van der Waals surface area contributed by atoms with E-state index in [1.165, 1.54) is 6.07 Å². The van der Waals surface area contributed by atoms with Gasteiger partial charge in [0.25, 0.3) is 0 Å². The minimum Gasteiger partial charge on any atom is -0.263 e. The molecule has 0 N–H and O–H groups in total. The number of benzene rings is 1. The van der Waals surface area contributed by atoms with Crippen LogP contribution in [0.4, 0.5) is 26.3 Å². The summed E-state index contributed by atoms with van der Waals surface area (Å²) in [6.45, 7) is 0. The highest BCUT2D eigenvalue weighted by Crippen LogP contribution is 2.48. The Hall–Kier alpha value is -1.18. The molecule has 2 aromatic rings. The number of rotatable bonds is 1. The Bertz CT molecular complexity index is 755. The molecule has 1 nitrogen and oxygen atoms in total. The van der Waals surface area contributed by atoms with E-state index < -0.39 is 39.6 Å². The van der Waals surface area contributed by atoms with Gasteiger partial charge in [0.1, 0.15) is 0 Å². The van der Waals surface area contributed by atoms with Gasteiger partial charge < -0.3 is 0 Å². The zero-order valence-corrected chi connectivity index (χ0v) is 12.9. The topological polar surface area (TPSA) is 12.9 Å². The Morgan fingerprint density at radius 3 is 1.87 bits per heavy atom. The lowest BCUT2D eigenvalue weighted by molar-refractivity contribution is -0.161. The van der Waals surface area contributed by atoms with Crippen molar-refractivity contribution in [2.24, 2.45) is 0 Å². The van der Waals surface area contributed by atoms with Crippen molar-refractivity contribution in [2.75, 3.05) is 0 Å². The van der Waals surface area contributed by atoms with E-state index in [9.17, 15) is 26.3 Å². The SMILES string of the molecule is FC(F)(F)c1cncc(-c2c(Cl)ccc(Cl)c2Cl)c1C(F)(F)F. The maximum atomic E-state index is 13.2. The van der Waals surface area contributed by atoms with Crippen LogP contribution in [0.2, 0.25) is 15.1 Å². The van der Waals surface area contributed by atoms with Crippen molar-refractivity contribution >= 4 is 34.8 Å². The van der Waals surface area contributed by atoms with Crippen LogP contribution >= 0.6 is 34.8 Å². The third-order valence-corrected chi connectivity index (χ3v) is 3.97. The fourth-order valence-corrected chi connectivity index (χ4v) is 2.68. The van der Waals surface area contributed by atoms with Gasteiger partial charge in [-0.25, -0.2) is 0 Å². The Morgan fingerprint density at radius 1 is 0.783 bits per heavy atom. The molecule has 0 radical (unpaired) electrons. The zero-order valence-electron chi connectivity index (χ0n) is 10.7. The number of alkyl halides is 6. The van der Waals surface area contributed by atoms with E-state index in [1.807, 2.05) is 0 Å². The van der Waals surface area contributed by atoms with Crippen LogP contribution in [0, 0.1) is 0 Å². The first-order chi connectivity index (χ1) is 10.4. The number of halogens is 9. The molecule has 2 rings (SSSR count). The molecule has 0 aliphatic carbocycles. The Kier molecular flexibility index (Phi) is 4.76. The number of pyridine rings is 1. The van der Waals surface area contributed by atoms with Crippen molar-refractivity contribution in [1.82, 2.24) is 4.98 Å². The average Bonchev–Trinajstić information content (AvgIpc) is 2.41. The second-order valence-corrected chi connectivity index (χ2v) is 5.52. The molecule has 0 saturated carbocycles. The number of hydrogen-bond donors (Lipinski definition) is 0. The molecular weight excluding hydrogens is 390 g/mol. The maximum Gasteiger partial charge on any atom is 0.418 e. The minimum atomic E-state index is -5.31. The molecule has 10 heteroatoms. The van der Waals surface area contributed by atoms with Gasteiger partial charge in [0, 0.05) is 23.5 Å². The van der Waals surface area contributed by atoms with Gasteiger partial charge in [-0.05, 0) is 12.1 Å². The third kappa shape index (κ3) is 3.51. The number of aromatic nitrogens is 1. The standard InChI is InChI=1S/C13H4Cl3F6N/c14-7-1-2-8(15)11(16)9(7)5-3-23-4-6(12(17,18)19)10(5)13(20,21)22/h1-4H. The molecule has 1 aromatic heterocycles. The summed E-state index contributed by atoms with van der Waals surface area (Å²) in [6.07, 6.45) is -9.86.